The molecule has 2 aromatic rings. The minimum atomic E-state index is -0.412. The van der Waals surface area contributed by atoms with Crippen LogP contribution in [-0.4, -0.2) is 11.1 Å². The smallest absolute Gasteiger partial charge is 0.411 e. The first-order valence-electron chi connectivity index (χ1n) is 6.54. The van der Waals surface area contributed by atoms with E-state index in [0.29, 0.717) is 11.7 Å². The molecule has 0 fully saturated rings. The molecule has 1 aliphatic heterocycles. The predicted octanol–water partition coefficient (Wildman–Crippen LogP) is 3.72. The third-order valence-corrected chi connectivity index (χ3v) is 3.37. The van der Waals surface area contributed by atoms with Crippen LogP contribution in [0.15, 0.2) is 30.3 Å². The Morgan fingerprint density at radius 2 is 2.24 bits per heavy atom. The van der Waals surface area contributed by atoms with Crippen molar-refractivity contribution in [3.8, 4) is 0 Å². The van der Waals surface area contributed by atoms with E-state index in [1.54, 1.807) is 0 Å². The van der Waals surface area contributed by atoms with E-state index in [4.69, 9.17) is 16.3 Å². The quantitative estimate of drug-likeness (QED) is 0.848. The van der Waals surface area contributed by atoms with Crippen molar-refractivity contribution in [3.63, 3.8) is 0 Å². The summed E-state index contributed by atoms with van der Waals surface area (Å²) < 4.78 is 4.95. The molecule has 0 atom stereocenters. The molecular formula is C15H14ClN3O2. The van der Waals surface area contributed by atoms with Crippen LogP contribution in [0, 0.1) is 6.92 Å². The largest absolute Gasteiger partial charge is 0.444 e. The van der Waals surface area contributed by atoms with Crippen molar-refractivity contribution in [1.29, 1.82) is 0 Å². The van der Waals surface area contributed by atoms with Crippen LogP contribution < -0.4 is 10.6 Å². The maximum atomic E-state index is 11.1. The number of hydrogen-bond donors (Lipinski definition) is 2. The number of nitrogens with zero attached hydrogens (tertiary/aromatic N) is 1. The minimum absolute atomic E-state index is 0.289. The molecule has 0 saturated heterocycles. The molecule has 21 heavy (non-hydrogen) atoms. The Labute approximate surface area is 127 Å². The highest BCUT2D eigenvalue weighted by molar-refractivity contribution is 6.29. The molecule has 2 heterocycles. The van der Waals surface area contributed by atoms with Crippen molar-refractivity contribution in [2.75, 3.05) is 10.6 Å². The number of cyclic esters (lactones) is 1. The van der Waals surface area contributed by atoms with Crippen LogP contribution in [0.1, 0.15) is 16.8 Å². The number of carbonyl (C=O) groups is 1. The normalized spacial score (nSPS) is 13.1. The Morgan fingerprint density at radius 1 is 1.38 bits per heavy atom. The van der Waals surface area contributed by atoms with Crippen molar-refractivity contribution >= 4 is 29.1 Å². The second kappa shape index (κ2) is 5.61. The average Bonchev–Trinajstić information content (AvgIpc) is 2.44. The zero-order valence-corrected chi connectivity index (χ0v) is 12.2. The third-order valence-electron chi connectivity index (χ3n) is 3.18. The molecule has 3 rings (SSSR count). The van der Waals surface area contributed by atoms with Crippen molar-refractivity contribution in [1.82, 2.24) is 4.98 Å². The molecule has 0 aliphatic carbocycles. The number of pyridine rings is 1. The number of aryl methyl sites for hydroxylation is 1. The van der Waals surface area contributed by atoms with Gasteiger partial charge in [0.05, 0.1) is 5.69 Å². The number of hydrogen-bond acceptors (Lipinski definition) is 4. The highest BCUT2D eigenvalue weighted by atomic mass is 35.5. The molecule has 1 amide bonds. The first-order chi connectivity index (χ1) is 10.1. The zero-order chi connectivity index (χ0) is 14.8. The lowest BCUT2D eigenvalue weighted by Crippen LogP contribution is -2.20. The molecule has 108 valence electrons. The first-order valence-corrected chi connectivity index (χ1v) is 6.91. The number of ether oxygens (including phenoxy) is 1. The topological polar surface area (TPSA) is 63.2 Å². The summed E-state index contributed by atoms with van der Waals surface area (Å²) >= 11 is 5.94. The number of carbonyl (C=O) groups excluding carboxylic acids is 1. The number of aromatic nitrogens is 1. The summed E-state index contributed by atoms with van der Waals surface area (Å²) in [6.45, 7) is 2.85. The van der Waals surface area contributed by atoms with Crippen molar-refractivity contribution < 1.29 is 9.53 Å². The first kappa shape index (κ1) is 13.7. The Bertz CT molecular complexity index is 683. The summed E-state index contributed by atoms with van der Waals surface area (Å²) in [5, 5.41) is 6.48. The van der Waals surface area contributed by atoms with Crippen LogP contribution >= 0.6 is 11.6 Å². The number of nitrogens with one attached hydrogen (secondary N) is 2. The van der Waals surface area contributed by atoms with E-state index in [2.05, 4.69) is 15.6 Å². The van der Waals surface area contributed by atoms with Gasteiger partial charge in [0.15, 0.2) is 0 Å². The number of amides is 1. The SMILES string of the molecule is Cc1cc(CNc2ccc3c(c2)COC(=O)N3)cc(Cl)n1. The van der Waals surface area contributed by atoms with Gasteiger partial charge >= 0.3 is 6.09 Å². The summed E-state index contributed by atoms with van der Waals surface area (Å²) in [7, 11) is 0. The highest BCUT2D eigenvalue weighted by Crippen LogP contribution is 2.25. The monoisotopic (exact) mass is 303 g/mol. The van der Waals surface area contributed by atoms with Crippen LogP contribution in [0.4, 0.5) is 16.2 Å². The van der Waals surface area contributed by atoms with Gasteiger partial charge in [0.25, 0.3) is 0 Å². The Kier molecular flexibility index (Phi) is 3.66. The summed E-state index contributed by atoms with van der Waals surface area (Å²) in [5.41, 5.74) is 4.65. The van der Waals surface area contributed by atoms with Crippen LogP contribution in [-0.2, 0) is 17.9 Å². The average molecular weight is 304 g/mol. The molecule has 0 unspecified atom stereocenters. The molecular weight excluding hydrogens is 290 g/mol. The second-order valence-corrected chi connectivity index (χ2v) is 5.25. The van der Waals surface area contributed by atoms with Gasteiger partial charge in [-0.3, -0.25) is 5.32 Å². The van der Waals surface area contributed by atoms with Gasteiger partial charge in [-0.25, -0.2) is 9.78 Å². The van der Waals surface area contributed by atoms with Crippen LogP contribution in [0.25, 0.3) is 0 Å². The third kappa shape index (κ3) is 3.25. The number of rotatable bonds is 3. The Morgan fingerprint density at radius 3 is 3.05 bits per heavy atom. The molecule has 1 aromatic carbocycles. The predicted molar refractivity (Wildman–Crippen MR) is 81.6 cm³/mol. The standard InChI is InChI=1S/C15H14ClN3O2/c1-9-4-10(5-14(16)18-9)7-17-12-2-3-13-11(6-12)8-21-15(20)19-13/h2-6,17H,7-8H2,1H3,(H,19,20). The van der Waals surface area contributed by atoms with Crippen molar-refractivity contribution in [3.05, 3.63) is 52.3 Å². The number of anilines is 2. The lowest BCUT2D eigenvalue weighted by atomic mass is 10.1. The van der Waals surface area contributed by atoms with Gasteiger partial charge in [-0.2, -0.15) is 0 Å². The van der Waals surface area contributed by atoms with Crippen molar-refractivity contribution in [2.24, 2.45) is 0 Å². The molecule has 0 saturated carbocycles. The van der Waals surface area contributed by atoms with Gasteiger partial charge in [-0.05, 0) is 42.8 Å². The van der Waals surface area contributed by atoms with Crippen LogP contribution in [0.2, 0.25) is 5.15 Å². The fourth-order valence-electron chi connectivity index (χ4n) is 2.24. The van der Waals surface area contributed by atoms with Crippen molar-refractivity contribution in [2.45, 2.75) is 20.1 Å². The van der Waals surface area contributed by atoms with Gasteiger partial charge < -0.3 is 10.1 Å². The maximum absolute atomic E-state index is 11.1. The molecule has 5 nitrogen and oxygen atoms in total. The van der Waals surface area contributed by atoms with E-state index < -0.39 is 6.09 Å². The Hall–Kier alpha value is -2.27. The van der Waals surface area contributed by atoms with Gasteiger partial charge in [-0.1, -0.05) is 11.6 Å². The van der Waals surface area contributed by atoms with Gasteiger partial charge in [0.2, 0.25) is 0 Å². The summed E-state index contributed by atoms with van der Waals surface area (Å²) in [4.78, 5) is 15.3. The van der Waals surface area contributed by atoms with Crippen LogP contribution in [0.3, 0.4) is 0 Å². The van der Waals surface area contributed by atoms with E-state index >= 15 is 0 Å². The molecule has 6 heteroatoms. The molecule has 0 bridgehead atoms. The van der Waals surface area contributed by atoms with E-state index in [9.17, 15) is 4.79 Å². The fourth-order valence-corrected chi connectivity index (χ4v) is 2.51. The summed E-state index contributed by atoms with van der Waals surface area (Å²) in [6, 6.07) is 9.57. The summed E-state index contributed by atoms with van der Waals surface area (Å²) in [5.74, 6) is 0. The lowest BCUT2D eigenvalue weighted by Gasteiger charge is -2.18. The fraction of sp³-hybridized carbons (Fsp3) is 0.200. The van der Waals surface area contributed by atoms with E-state index in [0.717, 1.165) is 28.2 Å². The number of halogens is 1. The lowest BCUT2D eigenvalue weighted by molar-refractivity contribution is 0.151. The zero-order valence-electron chi connectivity index (χ0n) is 11.4. The molecule has 1 aromatic heterocycles. The van der Waals surface area contributed by atoms with Gasteiger partial charge in [0, 0.05) is 23.5 Å². The number of benzene rings is 1. The minimum Gasteiger partial charge on any atom is -0.444 e. The second-order valence-electron chi connectivity index (χ2n) is 4.87. The molecule has 0 spiro atoms. The van der Waals surface area contributed by atoms with E-state index in [1.165, 1.54) is 0 Å². The van der Waals surface area contributed by atoms with Gasteiger partial charge in [-0.15, -0.1) is 0 Å². The maximum Gasteiger partial charge on any atom is 0.411 e. The summed E-state index contributed by atoms with van der Waals surface area (Å²) in [6.07, 6.45) is -0.412. The van der Waals surface area contributed by atoms with E-state index in [1.807, 2.05) is 37.3 Å². The number of fused-ring (bicyclic) bond motifs is 1. The van der Waals surface area contributed by atoms with Crippen LogP contribution in [0.5, 0.6) is 0 Å². The van der Waals surface area contributed by atoms with E-state index in [-0.39, 0.29) is 6.61 Å². The highest BCUT2D eigenvalue weighted by Gasteiger charge is 2.15. The van der Waals surface area contributed by atoms with Gasteiger partial charge in [0.1, 0.15) is 11.8 Å². The molecule has 0 radical (unpaired) electrons. The Balaban J connectivity index is 1.72. The molecule has 1 aliphatic rings. The molecule has 2 N–H and O–H groups in total.